The molecule has 0 saturated carbocycles. The lowest BCUT2D eigenvalue weighted by atomic mass is 10.1. The molecule has 3 rings (SSSR count). The minimum Gasteiger partial charge on any atom is -0.468 e. The number of nitrogens with one attached hydrogen (secondary N) is 1. The molecule has 2 aromatic rings. The molecule has 0 spiro atoms. The van der Waals surface area contributed by atoms with Gasteiger partial charge in [-0.1, -0.05) is 19.6 Å². The normalized spacial score (nSPS) is 16.7. The van der Waals surface area contributed by atoms with Gasteiger partial charge in [-0.25, -0.2) is 0 Å². The predicted octanol–water partition coefficient (Wildman–Crippen LogP) is 3.93. The van der Waals surface area contributed by atoms with Crippen LogP contribution in [-0.4, -0.2) is 36.4 Å². The highest BCUT2D eigenvalue weighted by Crippen LogP contribution is 2.33. The second-order valence-electron chi connectivity index (χ2n) is 8.10. The van der Waals surface area contributed by atoms with Crippen LogP contribution < -0.4 is 10.1 Å². The fraction of sp³-hybridized carbons (Fsp3) is 0.588. The van der Waals surface area contributed by atoms with Crippen LogP contribution in [0.1, 0.15) is 13.8 Å². The van der Waals surface area contributed by atoms with Crippen LogP contribution in [0, 0.1) is 0 Å². The number of anilines is 1. The maximum atomic E-state index is 6.00. The van der Waals surface area contributed by atoms with Crippen molar-refractivity contribution in [2.24, 2.45) is 0 Å². The Hall–Kier alpha value is -1.53. The average Bonchev–Trinajstić information content (AvgIpc) is 2.81. The first-order valence-corrected chi connectivity index (χ1v) is 11.9. The SMILES string of the molecule is CC1(C)CNc2cc3ccn(COCC[Si](C)(C)C)c3nc2O1. The third-order valence-corrected chi connectivity index (χ3v) is 5.71. The van der Waals surface area contributed by atoms with Crippen molar-refractivity contribution in [3.05, 3.63) is 18.3 Å². The lowest BCUT2D eigenvalue weighted by molar-refractivity contribution is 0.0892. The molecule has 0 saturated heterocycles. The summed E-state index contributed by atoms with van der Waals surface area (Å²) in [5.41, 5.74) is 1.64. The van der Waals surface area contributed by atoms with E-state index in [0.717, 1.165) is 29.9 Å². The Bertz CT molecular complexity index is 704. The van der Waals surface area contributed by atoms with Crippen molar-refractivity contribution < 1.29 is 9.47 Å². The van der Waals surface area contributed by atoms with Gasteiger partial charge in [-0.15, -0.1) is 0 Å². The summed E-state index contributed by atoms with van der Waals surface area (Å²) in [5.74, 6) is 0.677. The first kappa shape index (κ1) is 16.3. The van der Waals surface area contributed by atoms with Crippen molar-refractivity contribution in [1.29, 1.82) is 0 Å². The number of nitrogens with zero attached hydrogens (tertiary/aromatic N) is 2. The van der Waals surface area contributed by atoms with Crippen molar-refractivity contribution >= 4 is 24.8 Å². The molecule has 5 nitrogen and oxygen atoms in total. The molecule has 0 atom stereocenters. The second-order valence-corrected chi connectivity index (χ2v) is 13.7. The van der Waals surface area contributed by atoms with Crippen molar-refractivity contribution in [3.63, 3.8) is 0 Å². The van der Waals surface area contributed by atoms with Gasteiger partial charge in [0, 0.05) is 26.3 Å². The van der Waals surface area contributed by atoms with Crippen molar-refractivity contribution in [1.82, 2.24) is 9.55 Å². The number of pyridine rings is 1. The van der Waals surface area contributed by atoms with Crippen molar-refractivity contribution in [2.75, 3.05) is 18.5 Å². The van der Waals surface area contributed by atoms with Crippen LogP contribution >= 0.6 is 0 Å². The third-order valence-electron chi connectivity index (χ3n) is 4.01. The largest absolute Gasteiger partial charge is 0.468 e. The zero-order valence-electron chi connectivity index (χ0n) is 14.8. The Kier molecular flexibility index (Phi) is 4.14. The van der Waals surface area contributed by atoms with Crippen LogP contribution in [0.15, 0.2) is 18.3 Å². The summed E-state index contributed by atoms with van der Waals surface area (Å²) in [5, 5.41) is 4.50. The molecule has 0 bridgehead atoms. The third kappa shape index (κ3) is 3.87. The van der Waals surface area contributed by atoms with Gasteiger partial charge in [0.15, 0.2) is 0 Å². The Morgan fingerprint density at radius 2 is 2.17 bits per heavy atom. The van der Waals surface area contributed by atoms with Gasteiger partial charge in [-0.05, 0) is 32.0 Å². The lowest BCUT2D eigenvalue weighted by Crippen LogP contribution is -2.40. The number of rotatable bonds is 5. The molecule has 1 aliphatic rings. The van der Waals surface area contributed by atoms with Gasteiger partial charge < -0.3 is 19.4 Å². The Balaban J connectivity index is 1.75. The summed E-state index contributed by atoms with van der Waals surface area (Å²) in [4.78, 5) is 4.71. The molecule has 0 aromatic carbocycles. The molecule has 0 amide bonds. The van der Waals surface area contributed by atoms with Gasteiger partial charge in [-0.3, -0.25) is 0 Å². The molecule has 2 aromatic heterocycles. The minimum absolute atomic E-state index is 0.237. The van der Waals surface area contributed by atoms with Crippen LogP contribution in [0.4, 0.5) is 5.69 Å². The fourth-order valence-electron chi connectivity index (χ4n) is 2.55. The Morgan fingerprint density at radius 3 is 2.91 bits per heavy atom. The van der Waals surface area contributed by atoms with E-state index >= 15 is 0 Å². The van der Waals surface area contributed by atoms with Gasteiger partial charge in [0.05, 0.1) is 12.2 Å². The molecule has 0 unspecified atom stereocenters. The summed E-state index contributed by atoms with van der Waals surface area (Å²) in [6, 6.07) is 5.35. The zero-order chi connectivity index (χ0) is 16.7. The molecule has 1 aliphatic heterocycles. The second kappa shape index (κ2) is 5.83. The van der Waals surface area contributed by atoms with Crippen LogP contribution in [0.2, 0.25) is 25.7 Å². The van der Waals surface area contributed by atoms with Crippen molar-refractivity contribution in [3.8, 4) is 5.88 Å². The van der Waals surface area contributed by atoms with E-state index in [0.29, 0.717) is 12.6 Å². The Labute approximate surface area is 139 Å². The maximum Gasteiger partial charge on any atom is 0.240 e. The number of hydrogen-bond donors (Lipinski definition) is 1. The quantitative estimate of drug-likeness (QED) is 0.665. The molecule has 1 N–H and O–H groups in total. The highest BCUT2D eigenvalue weighted by Gasteiger charge is 2.28. The Morgan fingerprint density at radius 1 is 1.39 bits per heavy atom. The fourth-order valence-corrected chi connectivity index (χ4v) is 3.31. The standard InChI is InChI=1S/C17H27N3O2Si/c1-17(2)11-18-14-10-13-6-7-20(15(13)19-16(14)22-17)12-21-8-9-23(3,4)5/h6-7,10,18H,8-9,11-12H2,1-5H3. The monoisotopic (exact) mass is 333 g/mol. The van der Waals surface area contributed by atoms with Crippen LogP contribution in [-0.2, 0) is 11.5 Å². The van der Waals surface area contributed by atoms with Crippen LogP contribution in [0.3, 0.4) is 0 Å². The van der Waals surface area contributed by atoms with Crippen molar-refractivity contribution in [2.45, 2.75) is 51.9 Å². The van der Waals surface area contributed by atoms with Gasteiger partial charge in [-0.2, -0.15) is 4.98 Å². The summed E-state index contributed by atoms with van der Waals surface area (Å²) in [7, 11) is -1.05. The van der Waals surface area contributed by atoms with E-state index in [1.165, 1.54) is 6.04 Å². The molecular weight excluding hydrogens is 306 g/mol. The van der Waals surface area contributed by atoms with Gasteiger partial charge >= 0.3 is 0 Å². The molecule has 0 fully saturated rings. The highest BCUT2D eigenvalue weighted by molar-refractivity contribution is 6.76. The van der Waals surface area contributed by atoms with E-state index in [9.17, 15) is 0 Å². The zero-order valence-corrected chi connectivity index (χ0v) is 15.8. The van der Waals surface area contributed by atoms with Crippen LogP contribution in [0.25, 0.3) is 11.0 Å². The minimum atomic E-state index is -1.05. The molecule has 0 aliphatic carbocycles. The molecule has 3 heterocycles. The van der Waals surface area contributed by atoms with E-state index in [1.807, 2.05) is 10.8 Å². The van der Waals surface area contributed by atoms with Gasteiger partial charge in [0.1, 0.15) is 18.0 Å². The molecule has 0 radical (unpaired) electrons. The molecule has 126 valence electrons. The lowest BCUT2D eigenvalue weighted by Gasteiger charge is -2.32. The van der Waals surface area contributed by atoms with E-state index < -0.39 is 8.07 Å². The van der Waals surface area contributed by atoms with E-state index in [4.69, 9.17) is 14.5 Å². The topological polar surface area (TPSA) is 48.3 Å². The summed E-state index contributed by atoms with van der Waals surface area (Å²) < 4.78 is 13.9. The molecule has 23 heavy (non-hydrogen) atoms. The van der Waals surface area contributed by atoms with Gasteiger partial charge in [0.25, 0.3) is 0 Å². The number of ether oxygens (including phenoxy) is 2. The van der Waals surface area contributed by atoms with E-state index in [1.54, 1.807) is 0 Å². The van der Waals surface area contributed by atoms with E-state index in [2.05, 4.69) is 50.9 Å². The number of aromatic nitrogens is 2. The van der Waals surface area contributed by atoms with Crippen LogP contribution in [0.5, 0.6) is 5.88 Å². The first-order valence-electron chi connectivity index (χ1n) is 8.24. The molecular formula is C17H27N3O2Si. The van der Waals surface area contributed by atoms with Gasteiger partial charge in [0.2, 0.25) is 5.88 Å². The average molecular weight is 334 g/mol. The van der Waals surface area contributed by atoms with E-state index in [-0.39, 0.29) is 5.60 Å². The first-order chi connectivity index (χ1) is 10.7. The maximum absolute atomic E-state index is 6.00. The highest BCUT2D eigenvalue weighted by atomic mass is 28.3. The number of hydrogen-bond acceptors (Lipinski definition) is 4. The predicted molar refractivity (Wildman–Crippen MR) is 97.0 cm³/mol. The smallest absolute Gasteiger partial charge is 0.240 e. The summed E-state index contributed by atoms with van der Waals surface area (Å²) in [6.45, 7) is 13.3. The summed E-state index contributed by atoms with van der Waals surface area (Å²) >= 11 is 0. The molecule has 6 heteroatoms. The summed E-state index contributed by atoms with van der Waals surface area (Å²) in [6.07, 6.45) is 2.03. The number of fused-ring (bicyclic) bond motifs is 2.